The molecule has 0 spiro atoms. The van der Waals surface area contributed by atoms with Crippen molar-refractivity contribution >= 4 is 11.6 Å². The third-order valence-corrected chi connectivity index (χ3v) is 2.52. The number of nitrogens with zero attached hydrogens (tertiary/aromatic N) is 1. The number of amides is 1. The molecule has 4 heteroatoms. The Labute approximate surface area is 94.2 Å². The number of rotatable bonds is 3. The van der Waals surface area contributed by atoms with Crippen molar-refractivity contribution in [3.63, 3.8) is 0 Å². The quantitative estimate of drug-likeness (QED) is 0.780. The van der Waals surface area contributed by atoms with E-state index >= 15 is 0 Å². The molecule has 0 unspecified atom stereocenters. The van der Waals surface area contributed by atoms with Crippen LogP contribution in [-0.4, -0.2) is 18.7 Å². The largest absolute Gasteiger partial charge is 0.366 e. The second-order valence-corrected chi connectivity index (χ2v) is 3.75. The van der Waals surface area contributed by atoms with Crippen molar-refractivity contribution in [2.24, 2.45) is 10.7 Å². The van der Waals surface area contributed by atoms with E-state index in [1.54, 1.807) is 20.0 Å². The van der Waals surface area contributed by atoms with Crippen LogP contribution in [0, 0.1) is 12.7 Å². The number of nitrogens with two attached hydrogens (primary N) is 1. The summed E-state index contributed by atoms with van der Waals surface area (Å²) in [6, 6.07) is 2.78. The number of aliphatic imine (C=N–C) groups is 1. The summed E-state index contributed by atoms with van der Waals surface area (Å²) in [5.41, 5.74) is 7.42. The standard InChI is InChI=1S/C12H15FN2O/c1-7-4-9(12(14)16)6-11(13)10(7)5-8(2)15-3/h4,6H,5H2,1-3H3,(H2,14,16). The van der Waals surface area contributed by atoms with E-state index in [9.17, 15) is 9.18 Å². The fourth-order valence-electron chi connectivity index (χ4n) is 1.48. The highest BCUT2D eigenvalue weighted by Crippen LogP contribution is 2.17. The first-order valence-corrected chi connectivity index (χ1v) is 4.96. The molecule has 0 atom stereocenters. The minimum absolute atomic E-state index is 0.199. The molecule has 0 aliphatic rings. The van der Waals surface area contributed by atoms with Crippen LogP contribution in [0.15, 0.2) is 17.1 Å². The van der Waals surface area contributed by atoms with Gasteiger partial charge in [0.25, 0.3) is 0 Å². The molecule has 1 rings (SSSR count). The molecule has 2 N–H and O–H groups in total. The fourth-order valence-corrected chi connectivity index (χ4v) is 1.48. The Balaban J connectivity index is 3.17. The lowest BCUT2D eigenvalue weighted by Gasteiger charge is -2.08. The van der Waals surface area contributed by atoms with Crippen LogP contribution in [0.3, 0.4) is 0 Å². The van der Waals surface area contributed by atoms with Gasteiger partial charge in [-0.05, 0) is 37.1 Å². The lowest BCUT2D eigenvalue weighted by atomic mass is 9.99. The molecular weight excluding hydrogens is 207 g/mol. The Morgan fingerprint density at radius 2 is 2.12 bits per heavy atom. The lowest BCUT2D eigenvalue weighted by molar-refractivity contribution is 0.0999. The van der Waals surface area contributed by atoms with Crippen LogP contribution < -0.4 is 5.73 Å². The predicted octanol–water partition coefficient (Wildman–Crippen LogP) is 1.87. The maximum atomic E-state index is 13.7. The monoisotopic (exact) mass is 222 g/mol. The predicted molar refractivity (Wildman–Crippen MR) is 62.4 cm³/mol. The van der Waals surface area contributed by atoms with E-state index in [0.29, 0.717) is 12.0 Å². The molecule has 0 saturated carbocycles. The molecule has 16 heavy (non-hydrogen) atoms. The Bertz CT molecular complexity index is 429. The van der Waals surface area contributed by atoms with Gasteiger partial charge in [-0.2, -0.15) is 0 Å². The van der Waals surface area contributed by atoms with Gasteiger partial charge in [0.15, 0.2) is 0 Å². The number of hydrogen-bond donors (Lipinski definition) is 1. The van der Waals surface area contributed by atoms with Crippen molar-refractivity contribution in [2.75, 3.05) is 7.05 Å². The zero-order chi connectivity index (χ0) is 12.3. The number of carbonyl (C=O) groups is 1. The van der Waals surface area contributed by atoms with Crippen LogP contribution in [0.25, 0.3) is 0 Å². The molecule has 3 nitrogen and oxygen atoms in total. The van der Waals surface area contributed by atoms with Crippen molar-refractivity contribution in [3.8, 4) is 0 Å². The molecule has 0 aliphatic heterocycles. The normalized spacial score (nSPS) is 11.6. The highest BCUT2D eigenvalue weighted by molar-refractivity contribution is 5.93. The van der Waals surface area contributed by atoms with Gasteiger partial charge in [0, 0.05) is 24.7 Å². The summed E-state index contributed by atoms with van der Waals surface area (Å²) in [5.74, 6) is -1.02. The minimum atomic E-state index is -0.616. The number of halogens is 1. The van der Waals surface area contributed by atoms with E-state index in [4.69, 9.17) is 5.73 Å². The molecular formula is C12H15FN2O. The molecule has 1 aromatic carbocycles. The maximum Gasteiger partial charge on any atom is 0.248 e. The fraction of sp³-hybridized carbons (Fsp3) is 0.333. The minimum Gasteiger partial charge on any atom is -0.366 e. The third kappa shape index (κ3) is 2.66. The Kier molecular flexibility index (Phi) is 3.77. The SMILES string of the molecule is CN=C(C)Cc1c(C)cc(C(N)=O)cc1F. The first kappa shape index (κ1) is 12.4. The highest BCUT2D eigenvalue weighted by atomic mass is 19.1. The van der Waals surface area contributed by atoms with E-state index < -0.39 is 11.7 Å². The van der Waals surface area contributed by atoms with Crippen molar-refractivity contribution in [1.29, 1.82) is 0 Å². The summed E-state index contributed by atoms with van der Waals surface area (Å²) in [6.45, 7) is 3.59. The molecule has 1 amide bonds. The Morgan fingerprint density at radius 1 is 1.50 bits per heavy atom. The molecule has 0 saturated heterocycles. The van der Waals surface area contributed by atoms with Crippen LogP contribution >= 0.6 is 0 Å². The average Bonchev–Trinajstić information content (AvgIpc) is 2.22. The van der Waals surface area contributed by atoms with Crippen LogP contribution in [0.2, 0.25) is 0 Å². The van der Waals surface area contributed by atoms with E-state index in [0.717, 1.165) is 11.3 Å². The number of carbonyl (C=O) groups excluding carboxylic acids is 1. The molecule has 86 valence electrons. The molecule has 0 bridgehead atoms. The Hall–Kier alpha value is -1.71. The van der Waals surface area contributed by atoms with E-state index in [1.807, 2.05) is 6.92 Å². The van der Waals surface area contributed by atoms with Crippen molar-refractivity contribution in [3.05, 3.63) is 34.6 Å². The summed E-state index contributed by atoms with van der Waals surface area (Å²) < 4.78 is 13.7. The second kappa shape index (κ2) is 4.88. The van der Waals surface area contributed by atoms with Gasteiger partial charge in [-0.3, -0.25) is 9.79 Å². The maximum absolute atomic E-state index is 13.7. The first-order chi connectivity index (χ1) is 7.45. The molecule has 0 aliphatic carbocycles. The molecule has 0 aromatic heterocycles. The molecule has 0 radical (unpaired) electrons. The van der Waals surface area contributed by atoms with Gasteiger partial charge >= 0.3 is 0 Å². The summed E-state index contributed by atoms with van der Waals surface area (Å²) in [4.78, 5) is 14.9. The van der Waals surface area contributed by atoms with Gasteiger partial charge in [-0.15, -0.1) is 0 Å². The average molecular weight is 222 g/mol. The van der Waals surface area contributed by atoms with Gasteiger partial charge in [0.1, 0.15) is 5.82 Å². The van der Waals surface area contributed by atoms with E-state index in [-0.39, 0.29) is 5.56 Å². The Morgan fingerprint density at radius 3 is 2.56 bits per heavy atom. The number of hydrogen-bond acceptors (Lipinski definition) is 2. The van der Waals surface area contributed by atoms with Gasteiger partial charge in [0.05, 0.1) is 0 Å². The first-order valence-electron chi connectivity index (χ1n) is 4.96. The second-order valence-electron chi connectivity index (χ2n) is 3.75. The van der Waals surface area contributed by atoms with Crippen LogP contribution in [0.4, 0.5) is 4.39 Å². The van der Waals surface area contributed by atoms with Gasteiger partial charge in [-0.25, -0.2) is 4.39 Å². The molecule has 0 heterocycles. The smallest absolute Gasteiger partial charge is 0.248 e. The number of benzene rings is 1. The summed E-state index contributed by atoms with van der Waals surface area (Å²) in [7, 11) is 1.67. The highest BCUT2D eigenvalue weighted by Gasteiger charge is 2.11. The van der Waals surface area contributed by atoms with Crippen molar-refractivity contribution < 1.29 is 9.18 Å². The topological polar surface area (TPSA) is 55.4 Å². The van der Waals surface area contributed by atoms with E-state index in [1.165, 1.54) is 6.07 Å². The van der Waals surface area contributed by atoms with Crippen LogP contribution in [0.1, 0.15) is 28.4 Å². The van der Waals surface area contributed by atoms with Crippen LogP contribution in [-0.2, 0) is 6.42 Å². The summed E-state index contributed by atoms with van der Waals surface area (Å²) in [6.07, 6.45) is 0.452. The lowest BCUT2D eigenvalue weighted by Crippen LogP contribution is -2.13. The van der Waals surface area contributed by atoms with Crippen molar-refractivity contribution in [2.45, 2.75) is 20.3 Å². The molecule has 0 fully saturated rings. The van der Waals surface area contributed by atoms with Crippen molar-refractivity contribution in [1.82, 2.24) is 0 Å². The van der Waals surface area contributed by atoms with E-state index in [2.05, 4.69) is 4.99 Å². The van der Waals surface area contributed by atoms with Crippen LogP contribution in [0.5, 0.6) is 0 Å². The zero-order valence-corrected chi connectivity index (χ0v) is 9.67. The summed E-state index contributed by atoms with van der Waals surface area (Å²) in [5, 5.41) is 0. The third-order valence-electron chi connectivity index (χ3n) is 2.52. The molecule has 1 aromatic rings. The number of aryl methyl sites for hydroxylation is 1. The van der Waals surface area contributed by atoms with Gasteiger partial charge in [-0.1, -0.05) is 0 Å². The summed E-state index contributed by atoms with van der Waals surface area (Å²) >= 11 is 0. The van der Waals surface area contributed by atoms with Gasteiger partial charge in [0.2, 0.25) is 5.91 Å². The van der Waals surface area contributed by atoms with Gasteiger partial charge < -0.3 is 5.73 Å². The number of primary amides is 1. The zero-order valence-electron chi connectivity index (χ0n) is 9.67.